The molecule has 1 amide bonds. The molecule has 22 heavy (non-hydrogen) atoms. The highest BCUT2D eigenvalue weighted by atomic mass is 16.2. The van der Waals surface area contributed by atoms with Crippen molar-refractivity contribution in [2.45, 2.75) is 13.8 Å². The predicted molar refractivity (Wildman–Crippen MR) is 87.2 cm³/mol. The summed E-state index contributed by atoms with van der Waals surface area (Å²) in [6.45, 7) is 7.17. The van der Waals surface area contributed by atoms with Crippen LogP contribution in [0, 0.1) is 13.8 Å². The van der Waals surface area contributed by atoms with Crippen molar-refractivity contribution >= 4 is 11.7 Å². The zero-order chi connectivity index (χ0) is 15.7. The summed E-state index contributed by atoms with van der Waals surface area (Å²) in [6, 6.07) is 7.92. The summed E-state index contributed by atoms with van der Waals surface area (Å²) < 4.78 is 2.07. The molecule has 5 heteroatoms. The predicted octanol–water partition coefficient (Wildman–Crippen LogP) is 2.00. The van der Waals surface area contributed by atoms with E-state index in [2.05, 4.69) is 14.5 Å². The Labute approximate surface area is 131 Å². The maximum absolute atomic E-state index is 12.7. The molecule has 0 bridgehead atoms. The summed E-state index contributed by atoms with van der Waals surface area (Å²) in [5.74, 6) is 1.13. The number of piperazine rings is 1. The van der Waals surface area contributed by atoms with Crippen LogP contribution in [-0.2, 0) is 7.05 Å². The van der Waals surface area contributed by atoms with Gasteiger partial charge in [0.15, 0.2) is 0 Å². The summed E-state index contributed by atoms with van der Waals surface area (Å²) in [6.07, 6.45) is 1.81. The number of nitrogens with zero attached hydrogens (tertiary/aromatic N) is 4. The third-order valence-corrected chi connectivity index (χ3v) is 4.55. The van der Waals surface area contributed by atoms with E-state index in [9.17, 15) is 4.79 Å². The molecule has 2 aromatic heterocycles. The Kier molecular flexibility index (Phi) is 3.88. The van der Waals surface area contributed by atoms with Crippen molar-refractivity contribution in [1.29, 1.82) is 0 Å². The Morgan fingerprint density at radius 2 is 1.86 bits per heavy atom. The molecular weight excluding hydrogens is 276 g/mol. The highest BCUT2D eigenvalue weighted by Crippen LogP contribution is 2.18. The SMILES string of the molecule is Cc1cc(C(=O)N2CCN(c3ccccn3)CC2)c(C)n1C. The first-order valence-corrected chi connectivity index (χ1v) is 7.66. The van der Waals surface area contributed by atoms with Gasteiger partial charge in [-0.25, -0.2) is 4.98 Å². The van der Waals surface area contributed by atoms with Crippen LogP contribution >= 0.6 is 0 Å². The first kappa shape index (κ1) is 14.6. The van der Waals surface area contributed by atoms with Gasteiger partial charge in [0.1, 0.15) is 5.82 Å². The van der Waals surface area contributed by atoms with E-state index in [0.717, 1.165) is 48.9 Å². The highest BCUT2D eigenvalue weighted by molar-refractivity contribution is 5.95. The second kappa shape index (κ2) is 5.83. The quantitative estimate of drug-likeness (QED) is 0.851. The number of aromatic nitrogens is 2. The smallest absolute Gasteiger partial charge is 0.255 e. The number of carbonyl (C=O) groups is 1. The zero-order valence-electron chi connectivity index (χ0n) is 13.4. The lowest BCUT2D eigenvalue weighted by Crippen LogP contribution is -2.49. The molecular formula is C17H22N4O. The van der Waals surface area contributed by atoms with Crippen LogP contribution in [0.5, 0.6) is 0 Å². The topological polar surface area (TPSA) is 41.4 Å². The molecule has 0 aromatic carbocycles. The Bertz CT molecular complexity index is 669. The van der Waals surface area contributed by atoms with E-state index < -0.39 is 0 Å². The van der Waals surface area contributed by atoms with Gasteiger partial charge in [-0.05, 0) is 32.0 Å². The molecule has 0 spiro atoms. The van der Waals surface area contributed by atoms with E-state index in [4.69, 9.17) is 0 Å². The minimum atomic E-state index is 0.141. The molecule has 0 radical (unpaired) electrons. The van der Waals surface area contributed by atoms with Crippen LogP contribution in [0.25, 0.3) is 0 Å². The fourth-order valence-electron chi connectivity index (χ4n) is 2.92. The van der Waals surface area contributed by atoms with Gasteiger partial charge in [-0.15, -0.1) is 0 Å². The van der Waals surface area contributed by atoms with Gasteiger partial charge < -0.3 is 14.4 Å². The number of aryl methyl sites for hydroxylation is 1. The Morgan fingerprint density at radius 3 is 2.41 bits per heavy atom. The minimum Gasteiger partial charge on any atom is -0.353 e. The lowest BCUT2D eigenvalue weighted by molar-refractivity contribution is 0.0745. The number of hydrogen-bond donors (Lipinski definition) is 0. The molecule has 0 unspecified atom stereocenters. The number of anilines is 1. The van der Waals surface area contributed by atoms with Crippen LogP contribution in [0.15, 0.2) is 30.5 Å². The fraction of sp³-hybridized carbons (Fsp3) is 0.412. The summed E-state index contributed by atoms with van der Waals surface area (Å²) >= 11 is 0. The standard InChI is InChI=1S/C17H22N4O/c1-13-12-15(14(2)19(13)3)17(22)21-10-8-20(9-11-21)16-6-4-5-7-18-16/h4-7,12H,8-11H2,1-3H3. The molecule has 116 valence electrons. The van der Waals surface area contributed by atoms with Crippen molar-refractivity contribution in [1.82, 2.24) is 14.5 Å². The van der Waals surface area contributed by atoms with Gasteiger partial charge in [0.05, 0.1) is 5.56 Å². The number of pyridine rings is 1. The summed E-state index contributed by atoms with van der Waals surface area (Å²) in [4.78, 5) is 21.3. The molecule has 1 aliphatic heterocycles. The molecule has 5 nitrogen and oxygen atoms in total. The summed E-state index contributed by atoms with van der Waals surface area (Å²) in [5, 5.41) is 0. The molecule has 0 atom stereocenters. The van der Waals surface area contributed by atoms with Crippen LogP contribution in [0.1, 0.15) is 21.7 Å². The molecule has 1 saturated heterocycles. The van der Waals surface area contributed by atoms with Crippen molar-refractivity contribution in [2.75, 3.05) is 31.1 Å². The van der Waals surface area contributed by atoms with Gasteiger partial charge in [0.2, 0.25) is 0 Å². The van der Waals surface area contributed by atoms with E-state index in [1.54, 1.807) is 0 Å². The number of hydrogen-bond acceptors (Lipinski definition) is 3. The normalized spacial score (nSPS) is 15.2. The van der Waals surface area contributed by atoms with E-state index in [-0.39, 0.29) is 5.91 Å². The molecule has 3 heterocycles. The van der Waals surface area contributed by atoms with Crippen molar-refractivity contribution in [3.63, 3.8) is 0 Å². The first-order valence-electron chi connectivity index (χ1n) is 7.66. The summed E-state index contributed by atoms with van der Waals surface area (Å²) in [7, 11) is 2.00. The number of rotatable bonds is 2. The van der Waals surface area contributed by atoms with Crippen LogP contribution in [0.4, 0.5) is 5.82 Å². The lowest BCUT2D eigenvalue weighted by Gasteiger charge is -2.35. The van der Waals surface area contributed by atoms with Crippen molar-refractivity contribution in [3.8, 4) is 0 Å². The third-order valence-electron chi connectivity index (χ3n) is 4.55. The van der Waals surface area contributed by atoms with Crippen LogP contribution in [-0.4, -0.2) is 46.5 Å². The fourth-order valence-corrected chi connectivity index (χ4v) is 2.92. The maximum Gasteiger partial charge on any atom is 0.255 e. The van der Waals surface area contributed by atoms with E-state index >= 15 is 0 Å². The van der Waals surface area contributed by atoms with Gasteiger partial charge in [-0.1, -0.05) is 6.07 Å². The van der Waals surface area contributed by atoms with Crippen molar-refractivity contribution in [2.24, 2.45) is 7.05 Å². The van der Waals surface area contributed by atoms with Crippen molar-refractivity contribution in [3.05, 3.63) is 47.4 Å². The van der Waals surface area contributed by atoms with Gasteiger partial charge in [0.25, 0.3) is 5.91 Å². The molecule has 3 rings (SSSR count). The monoisotopic (exact) mass is 298 g/mol. The molecule has 1 fully saturated rings. The lowest BCUT2D eigenvalue weighted by atomic mass is 10.2. The third kappa shape index (κ3) is 2.58. The van der Waals surface area contributed by atoms with E-state index in [1.165, 1.54) is 0 Å². The first-order chi connectivity index (χ1) is 10.6. The Morgan fingerprint density at radius 1 is 1.14 bits per heavy atom. The second-order valence-electron chi connectivity index (χ2n) is 5.81. The minimum absolute atomic E-state index is 0.141. The molecule has 1 aliphatic rings. The average molecular weight is 298 g/mol. The highest BCUT2D eigenvalue weighted by Gasteiger charge is 2.25. The van der Waals surface area contributed by atoms with Gasteiger partial charge in [-0.3, -0.25) is 4.79 Å². The summed E-state index contributed by atoms with van der Waals surface area (Å²) in [5.41, 5.74) is 2.98. The molecule has 2 aromatic rings. The number of amides is 1. The molecule has 0 saturated carbocycles. The molecule has 0 aliphatic carbocycles. The second-order valence-corrected chi connectivity index (χ2v) is 5.81. The van der Waals surface area contributed by atoms with E-state index in [1.807, 2.05) is 56.3 Å². The largest absolute Gasteiger partial charge is 0.353 e. The average Bonchev–Trinajstić information content (AvgIpc) is 2.83. The van der Waals surface area contributed by atoms with Gasteiger partial charge in [-0.2, -0.15) is 0 Å². The van der Waals surface area contributed by atoms with Gasteiger partial charge >= 0.3 is 0 Å². The Hall–Kier alpha value is -2.30. The van der Waals surface area contributed by atoms with Crippen LogP contribution in [0.3, 0.4) is 0 Å². The van der Waals surface area contributed by atoms with Gasteiger partial charge in [0, 0.05) is 50.8 Å². The van der Waals surface area contributed by atoms with Crippen LogP contribution in [0.2, 0.25) is 0 Å². The molecule has 0 N–H and O–H groups in total. The Balaban J connectivity index is 1.68. The zero-order valence-corrected chi connectivity index (χ0v) is 13.4. The maximum atomic E-state index is 12.7. The van der Waals surface area contributed by atoms with E-state index in [0.29, 0.717) is 0 Å². The van der Waals surface area contributed by atoms with Crippen LogP contribution < -0.4 is 4.90 Å². The number of carbonyl (C=O) groups excluding carboxylic acids is 1. The van der Waals surface area contributed by atoms with Crippen molar-refractivity contribution < 1.29 is 4.79 Å².